The van der Waals surface area contributed by atoms with Crippen molar-refractivity contribution in [3.63, 3.8) is 0 Å². The van der Waals surface area contributed by atoms with Crippen LogP contribution in [0.25, 0.3) is 0 Å². The minimum Gasteiger partial charge on any atom is -0.336 e. The first-order valence-corrected chi connectivity index (χ1v) is 12.3. The highest BCUT2D eigenvalue weighted by atomic mass is 19.3. The van der Waals surface area contributed by atoms with Crippen molar-refractivity contribution in [2.45, 2.75) is 69.9 Å². The van der Waals surface area contributed by atoms with Crippen LogP contribution in [0.3, 0.4) is 0 Å². The number of carbonyl (C=O) groups excluding carboxylic acids is 4. The standard InChI is InChI=1S/C26H31F2N5O4/c1-24(2,3)13-19(30-20(34)22(36)32-10-8-26(27,28)9-11-32)21(35)33-15-25(12-16(33)14-29)17-6-4-5-7-18(17)31-23(25)37/h4-7,16,19H,8-13,15H2,1-3H3,(H,30,34)(H,31,37)/t16?,19-,25-/m0/s1. The number of anilines is 1. The molecule has 0 aliphatic carbocycles. The Kier molecular flexibility index (Phi) is 6.73. The molecule has 2 fully saturated rings. The van der Waals surface area contributed by atoms with Gasteiger partial charge in [-0.3, -0.25) is 19.2 Å². The van der Waals surface area contributed by atoms with E-state index < -0.39 is 59.4 Å². The average Bonchev–Trinajstić information content (AvgIpc) is 3.35. The summed E-state index contributed by atoms with van der Waals surface area (Å²) in [6.45, 7) is 5.04. The van der Waals surface area contributed by atoms with Crippen molar-refractivity contribution in [2.75, 3.05) is 25.0 Å². The third kappa shape index (κ3) is 5.15. The highest BCUT2D eigenvalue weighted by molar-refractivity contribution is 6.35. The molecule has 3 aliphatic heterocycles. The van der Waals surface area contributed by atoms with Gasteiger partial charge in [-0.05, 0) is 23.5 Å². The van der Waals surface area contributed by atoms with Crippen LogP contribution in [0.1, 0.15) is 52.0 Å². The van der Waals surface area contributed by atoms with Gasteiger partial charge in [0.25, 0.3) is 5.92 Å². The number of piperidine rings is 1. The van der Waals surface area contributed by atoms with Gasteiger partial charge in [0.15, 0.2) is 0 Å². The Morgan fingerprint density at radius 3 is 2.49 bits per heavy atom. The predicted molar refractivity (Wildman–Crippen MR) is 129 cm³/mol. The van der Waals surface area contributed by atoms with E-state index in [9.17, 15) is 33.2 Å². The Labute approximate surface area is 214 Å². The molecule has 9 nitrogen and oxygen atoms in total. The van der Waals surface area contributed by atoms with Crippen molar-refractivity contribution in [3.8, 4) is 6.07 Å². The molecule has 0 saturated carbocycles. The van der Waals surface area contributed by atoms with Crippen LogP contribution in [-0.4, -0.2) is 71.1 Å². The van der Waals surface area contributed by atoms with E-state index in [1.807, 2.05) is 20.8 Å². The van der Waals surface area contributed by atoms with Crippen molar-refractivity contribution in [1.82, 2.24) is 15.1 Å². The first-order valence-electron chi connectivity index (χ1n) is 12.3. The summed E-state index contributed by atoms with van der Waals surface area (Å²) in [7, 11) is 0. The smallest absolute Gasteiger partial charge is 0.311 e. The topological polar surface area (TPSA) is 123 Å². The van der Waals surface area contributed by atoms with E-state index in [-0.39, 0.29) is 38.4 Å². The molecule has 1 spiro atoms. The fourth-order valence-corrected chi connectivity index (χ4v) is 5.40. The number of amides is 4. The molecular formula is C26H31F2N5O4. The Hall–Kier alpha value is -3.55. The Balaban J connectivity index is 1.55. The minimum absolute atomic E-state index is 0.0431. The number of nitriles is 1. The molecule has 2 N–H and O–H groups in total. The summed E-state index contributed by atoms with van der Waals surface area (Å²) in [6.07, 6.45) is -0.790. The van der Waals surface area contributed by atoms with Crippen molar-refractivity contribution in [1.29, 1.82) is 5.26 Å². The highest BCUT2D eigenvalue weighted by Crippen LogP contribution is 2.46. The maximum Gasteiger partial charge on any atom is 0.311 e. The number of hydrogen-bond donors (Lipinski definition) is 2. The SMILES string of the molecule is CC(C)(C)C[C@H](NC(=O)C(=O)N1CCC(F)(F)CC1)C(=O)N1C[C@]2(CC1C#N)C(=O)Nc1ccccc12. The molecule has 3 aliphatic rings. The van der Waals surface area contributed by atoms with Crippen LogP contribution in [0.15, 0.2) is 24.3 Å². The number of fused-ring (bicyclic) bond motifs is 2. The number of carbonyl (C=O) groups is 4. The number of alkyl halides is 2. The lowest BCUT2D eigenvalue weighted by Gasteiger charge is -2.33. The summed E-state index contributed by atoms with van der Waals surface area (Å²) in [5.41, 5.74) is -0.182. The Morgan fingerprint density at radius 1 is 1.22 bits per heavy atom. The summed E-state index contributed by atoms with van der Waals surface area (Å²) in [6, 6.07) is 7.19. The third-order valence-electron chi connectivity index (χ3n) is 7.31. The molecule has 4 amide bonds. The molecule has 0 bridgehead atoms. The average molecular weight is 516 g/mol. The second-order valence-corrected chi connectivity index (χ2v) is 11.3. The fourth-order valence-electron chi connectivity index (χ4n) is 5.40. The number of halogens is 2. The number of hydrogen-bond acceptors (Lipinski definition) is 5. The van der Waals surface area contributed by atoms with Gasteiger partial charge in [-0.2, -0.15) is 5.26 Å². The van der Waals surface area contributed by atoms with Gasteiger partial charge in [0, 0.05) is 44.6 Å². The third-order valence-corrected chi connectivity index (χ3v) is 7.31. The van der Waals surface area contributed by atoms with Crippen molar-refractivity contribution in [3.05, 3.63) is 29.8 Å². The molecule has 4 rings (SSSR count). The summed E-state index contributed by atoms with van der Waals surface area (Å²) >= 11 is 0. The lowest BCUT2D eigenvalue weighted by atomic mass is 9.80. The van der Waals surface area contributed by atoms with Gasteiger partial charge in [0.05, 0.1) is 11.5 Å². The first kappa shape index (κ1) is 26.5. The van der Waals surface area contributed by atoms with Crippen LogP contribution in [0.5, 0.6) is 0 Å². The van der Waals surface area contributed by atoms with E-state index in [2.05, 4.69) is 16.7 Å². The van der Waals surface area contributed by atoms with E-state index in [0.29, 0.717) is 11.3 Å². The second kappa shape index (κ2) is 9.39. The molecule has 198 valence electrons. The number of nitrogens with zero attached hydrogens (tertiary/aromatic N) is 3. The van der Waals surface area contributed by atoms with Gasteiger partial charge in [0.1, 0.15) is 12.1 Å². The zero-order chi connectivity index (χ0) is 27.2. The Morgan fingerprint density at radius 2 is 1.86 bits per heavy atom. The van der Waals surface area contributed by atoms with E-state index >= 15 is 0 Å². The zero-order valence-corrected chi connectivity index (χ0v) is 21.1. The molecule has 11 heteroatoms. The van der Waals surface area contributed by atoms with Crippen molar-refractivity contribution >= 4 is 29.3 Å². The highest BCUT2D eigenvalue weighted by Gasteiger charge is 2.56. The number of likely N-dealkylation sites (tertiary alicyclic amines) is 2. The van der Waals surface area contributed by atoms with Crippen molar-refractivity contribution < 1.29 is 28.0 Å². The molecule has 1 aromatic rings. The van der Waals surface area contributed by atoms with Gasteiger partial charge in [-0.15, -0.1) is 0 Å². The molecule has 3 atom stereocenters. The lowest BCUT2D eigenvalue weighted by Crippen LogP contribution is -2.56. The summed E-state index contributed by atoms with van der Waals surface area (Å²) in [5.74, 6) is -5.76. The summed E-state index contributed by atoms with van der Waals surface area (Å²) < 4.78 is 27.0. The number of nitrogens with one attached hydrogen (secondary N) is 2. The molecule has 1 aromatic carbocycles. The Bertz CT molecular complexity index is 1160. The summed E-state index contributed by atoms with van der Waals surface area (Å²) in [5, 5.41) is 15.2. The van der Waals surface area contributed by atoms with Crippen LogP contribution in [-0.2, 0) is 24.6 Å². The number of para-hydroxylation sites is 1. The van der Waals surface area contributed by atoms with Gasteiger partial charge >= 0.3 is 11.8 Å². The molecule has 1 unspecified atom stereocenters. The zero-order valence-electron chi connectivity index (χ0n) is 21.1. The van der Waals surface area contributed by atoms with Crippen molar-refractivity contribution in [2.24, 2.45) is 5.41 Å². The molecule has 3 heterocycles. The minimum atomic E-state index is -2.87. The van der Waals surface area contributed by atoms with Gasteiger partial charge < -0.3 is 20.4 Å². The molecule has 37 heavy (non-hydrogen) atoms. The van der Waals surface area contributed by atoms with Gasteiger partial charge in [0.2, 0.25) is 11.8 Å². The van der Waals surface area contributed by atoms with Crippen LogP contribution in [0.4, 0.5) is 14.5 Å². The molecule has 0 aromatic heterocycles. The fraction of sp³-hybridized carbons (Fsp3) is 0.577. The van der Waals surface area contributed by atoms with E-state index in [4.69, 9.17) is 0 Å². The molecule has 0 radical (unpaired) electrons. The lowest BCUT2D eigenvalue weighted by molar-refractivity contribution is -0.151. The maximum absolute atomic E-state index is 13.8. The van der Waals surface area contributed by atoms with Crippen LogP contribution < -0.4 is 10.6 Å². The van der Waals surface area contributed by atoms with Crippen LogP contribution >= 0.6 is 0 Å². The quantitative estimate of drug-likeness (QED) is 0.598. The normalized spacial score (nSPS) is 25.3. The number of benzene rings is 1. The predicted octanol–water partition coefficient (Wildman–Crippen LogP) is 2.18. The second-order valence-electron chi connectivity index (χ2n) is 11.3. The van der Waals surface area contributed by atoms with Crippen LogP contribution in [0, 0.1) is 16.7 Å². The monoisotopic (exact) mass is 515 g/mol. The largest absolute Gasteiger partial charge is 0.336 e. The number of rotatable bonds is 3. The van der Waals surface area contributed by atoms with E-state index in [0.717, 1.165) is 4.90 Å². The van der Waals surface area contributed by atoms with E-state index in [1.54, 1.807) is 24.3 Å². The first-order chi connectivity index (χ1) is 17.3. The van der Waals surface area contributed by atoms with Gasteiger partial charge in [-0.25, -0.2) is 8.78 Å². The molecule has 2 saturated heterocycles. The van der Waals surface area contributed by atoms with E-state index in [1.165, 1.54) is 4.90 Å². The maximum atomic E-state index is 13.8. The summed E-state index contributed by atoms with van der Waals surface area (Å²) in [4.78, 5) is 54.7. The van der Waals surface area contributed by atoms with Gasteiger partial charge in [-0.1, -0.05) is 39.0 Å². The van der Waals surface area contributed by atoms with Crippen LogP contribution in [0.2, 0.25) is 0 Å². The molecular weight excluding hydrogens is 484 g/mol.